The van der Waals surface area contributed by atoms with E-state index < -0.39 is 6.09 Å². The summed E-state index contributed by atoms with van der Waals surface area (Å²) in [4.78, 5) is 23.6. The molecular formula is C11H20N2O4. The molecule has 1 amide bonds. The first-order chi connectivity index (χ1) is 8.11. The summed E-state index contributed by atoms with van der Waals surface area (Å²) in [5.74, 6) is -0.139. The summed E-state index contributed by atoms with van der Waals surface area (Å²) in [6, 6.07) is 0. The molecule has 1 aliphatic rings. The van der Waals surface area contributed by atoms with Crippen LogP contribution in [0.4, 0.5) is 4.79 Å². The van der Waals surface area contributed by atoms with E-state index in [0.29, 0.717) is 26.2 Å². The third-order valence-corrected chi connectivity index (χ3v) is 2.72. The van der Waals surface area contributed by atoms with Crippen LogP contribution in [0, 0.1) is 5.92 Å². The normalized spacial score (nSPS) is 20.5. The molecule has 1 saturated heterocycles. The van der Waals surface area contributed by atoms with Crippen molar-refractivity contribution in [3.63, 3.8) is 0 Å². The molecule has 0 bridgehead atoms. The Bertz CT molecular complexity index is 254. The predicted molar refractivity (Wildman–Crippen MR) is 61.6 cm³/mol. The van der Waals surface area contributed by atoms with Crippen molar-refractivity contribution in [3.8, 4) is 0 Å². The molecule has 0 saturated carbocycles. The summed E-state index contributed by atoms with van der Waals surface area (Å²) in [7, 11) is 0. The first kappa shape index (κ1) is 13.9. The third kappa shape index (κ3) is 5.65. The number of nitrogens with two attached hydrogens (primary N) is 1. The van der Waals surface area contributed by atoms with E-state index in [1.165, 1.54) is 0 Å². The van der Waals surface area contributed by atoms with Crippen LogP contribution in [-0.2, 0) is 14.3 Å². The maximum absolute atomic E-state index is 10.8. The number of carbonyl (C=O) groups excluding carboxylic acids is 2. The van der Waals surface area contributed by atoms with Crippen LogP contribution in [0.15, 0.2) is 0 Å². The van der Waals surface area contributed by atoms with Gasteiger partial charge in [-0.3, -0.25) is 4.90 Å². The Labute approximate surface area is 101 Å². The number of hydrogen-bond acceptors (Lipinski definition) is 5. The summed E-state index contributed by atoms with van der Waals surface area (Å²) in [6.45, 7) is 5.40. The van der Waals surface area contributed by atoms with Crippen LogP contribution in [0.5, 0.6) is 0 Å². The van der Waals surface area contributed by atoms with E-state index in [1.807, 2.05) is 0 Å². The SMILES string of the molecule is C[C@H](C=O)CC(CN1CCOCC1)OC(N)=O. The number of aldehydes is 1. The minimum Gasteiger partial charge on any atom is -0.445 e. The molecule has 1 unspecified atom stereocenters. The zero-order valence-corrected chi connectivity index (χ0v) is 10.1. The van der Waals surface area contributed by atoms with Gasteiger partial charge in [-0.1, -0.05) is 6.92 Å². The second-order valence-corrected chi connectivity index (χ2v) is 4.32. The van der Waals surface area contributed by atoms with Gasteiger partial charge in [-0.15, -0.1) is 0 Å². The minimum atomic E-state index is -0.790. The molecule has 0 radical (unpaired) electrons. The molecule has 17 heavy (non-hydrogen) atoms. The first-order valence-corrected chi connectivity index (χ1v) is 5.83. The van der Waals surface area contributed by atoms with E-state index in [2.05, 4.69) is 4.90 Å². The van der Waals surface area contributed by atoms with Crippen LogP contribution in [0.25, 0.3) is 0 Å². The molecule has 1 rings (SSSR count). The summed E-state index contributed by atoms with van der Waals surface area (Å²) in [5, 5.41) is 0. The summed E-state index contributed by atoms with van der Waals surface area (Å²) >= 11 is 0. The molecule has 6 nitrogen and oxygen atoms in total. The average Bonchev–Trinajstić information content (AvgIpc) is 2.29. The molecule has 1 aliphatic heterocycles. The molecule has 1 fully saturated rings. The van der Waals surface area contributed by atoms with Crippen molar-refractivity contribution in [2.24, 2.45) is 11.7 Å². The Morgan fingerprint density at radius 1 is 1.53 bits per heavy atom. The lowest BCUT2D eigenvalue weighted by molar-refractivity contribution is -0.111. The van der Waals surface area contributed by atoms with E-state index >= 15 is 0 Å². The molecule has 0 aliphatic carbocycles. The fraction of sp³-hybridized carbons (Fsp3) is 0.818. The fourth-order valence-corrected chi connectivity index (χ4v) is 1.87. The number of carbonyl (C=O) groups is 2. The van der Waals surface area contributed by atoms with Crippen LogP contribution in [0.2, 0.25) is 0 Å². The first-order valence-electron chi connectivity index (χ1n) is 5.83. The molecule has 1 heterocycles. The lowest BCUT2D eigenvalue weighted by Crippen LogP contribution is -2.43. The number of amides is 1. The summed E-state index contributed by atoms with van der Waals surface area (Å²) in [6.07, 6.45) is 0.243. The minimum absolute atomic E-state index is 0.139. The van der Waals surface area contributed by atoms with Crippen LogP contribution < -0.4 is 5.73 Å². The highest BCUT2D eigenvalue weighted by Gasteiger charge is 2.21. The Hall–Kier alpha value is -1.14. The monoisotopic (exact) mass is 244 g/mol. The molecule has 0 aromatic carbocycles. The van der Waals surface area contributed by atoms with Gasteiger partial charge in [0.15, 0.2) is 0 Å². The second kappa shape index (κ2) is 7.24. The lowest BCUT2D eigenvalue weighted by Gasteiger charge is -2.30. The highest BCUT2D eigenvalue weighted by Crippen LogP contribution is 2.10. The van der Waals surface area contributed by atoms with Crippen LogP contribution in [0.3, 0.4) is 0 Å². The van der Waals surface area contributed by atoms with Gasteiger partial charge in [0, 0.05) is 25.6 Å². The van der Waals surface area contributed by atoms with Crippen molar-refractivity contribution in [2.75, 3.05) is 32.8 Å². The average molecular weight is 244 g/mol. The predicted octanol–water partition coefficient (Wildman–Crippen LogP) is 0.00760. The Balaban J connectivity index is 2.43. The van der Waals surface area contributed by atoms with Crippen LogP contribution in [-0.4, -0.2) is 56.2 Å². The van der Waals surface area contributed by atoms with Gasteiger partial charge in [0.1, 0.15) is 12.4 Å². The van der Waals surface area contributed by atoms with Crippen molar-refractivity contribution >= 4 is 12.4 Å². The van der Waals surface area contributed by atoms with Gasteiger partial charge >= 0.3 is 6.09 Å². The Kier molecular flexibility index (Phi) is 5.93. The van der Waals surface area contributed by atoms with Crippen molar-refractivity contribution in [1.29, 1.82) is 0 Å². The summed E-state index contributed by atoms with van der Waals surface area (Å²) < 4.78 is 10.3. The van der Waals surface area contributed by atoms with Gasteiger partial charge in [0.05, 0.1) is 13.2 Å². The van der Waals surface area contributed by atoms with Crippen molar-refractivity contribution in [1.82, 2.24) is 4.90 Å². The highest BCUT2D eigenvalue weighted by molar-refractivity contribution is 5.64. The van der Waals surface area contributed by atoms with Gasteiger partial charge in [-0.05, 0) is 6.42 Å². The highest BCUT2D eigenvalue weighted by atomic mass is 16.6. The number of primary amides is 1. The van der Waals surface area contributed by atoms with Gasteiger partial charge in [-0.25, -0.2) is 4.79 Å². The lowest BCUT2D eigenvalue weighted by atomic mass is 10.0. The molecule has 6 heteroatoms. The molecule has 2 atom stereocenters. The standard InChI is InChI=1S/C11H20N2O4/c1-9(8-14)6-10(17-11(12)15)7-13-2-4-16-5-3-13/h8-10H,2-7H2,1H3,(H2,12,15)/t9-,10?/m0/s1. The van der Waals surface area contributed by atoms with Gasteiger partial charge < -0.3 is 20.0 Å². The molecule has 98 valence electrons. The zero-order chi connectivity index (χ0) is 12.7. The van der Waals surface area contributed by atoms with Gasteiger partial charge in [0.2, 0.25) is 0 Å². The second-order valence-electron chi connectivity index (χ2n) is 4.32. The topological polar surface area (TPSA) is 81.9 Å². The van der Waals surface area contributed by atoms with Crippen molar-refractivity contribution in [2.45, 2.75) is 19.4 Å². The quantitative estimate of drug-likeness (QED) is 0.665. The molecular weight excluding hydrogens is 224 g/mol. The number of hydrogen-bond donors (Lipinski definition) is 1. The fourth-order valence-electron chi connectivity index (χ4n) is 1.87. The van der Waals surface area contributed by atoms with E-state index in [9.17, 15) is 9.59 Å². The Morgan fingerprint density at radius 3 is 2.71 bits per heavy atom. The van der Waals surface area contributed by atoms with Crippen LogP contribution in [0.1, 0.15) is 13.3 Å². The molecule has 0 aromatic rings. The van der Waals surface area contributed by atoms with Gasteiger partial charge in [0.25, 0.3) is 0 Å². The smallest absolute Gasteiger partial charge is 0.404 e. The van der Waals surface area contributed by atoms with Crippen LogP contribution >= 0.6 is 0 Å². The Morgan fingerprint density at radius 2 is 2.18 bits per heavy atom. The van der Waals surface area contributed by atoms with Gasteiger partial charge in [-0.2, -0.15) is 0 Å². The van der Waals surface area contributed by atoms with E-state index in [-0.39, 0.29) is 12.0 Å². The number of rotatable bonds is 6. The van der Waals surface area contributed by atoms with Crippen molar-refractivity contribution < 1.29 is 19.1 Å². The maximum atomic E-state index is 10.8. The number of ether oxygens (including phenoxy) is 2. The third-order valence-electron chi connectivity index (χ3n) is 2.72. The largest absolute Gasteiger partial charge is 0.445 e. The van der Waals surface area contributed by atoms with E-state index in [4.69, 9.17) is 15.2 Å². The molecule has 2 N–H and O–H groups in total. The zero-order valence-electron chi connectivity index (χ0n) is 10.1. The maximum Gasteiger partial charge on any atom is 0.404 e. The number of morpholine rings is 1. The van der Waals surface area contributed by atoms with E-state index in [1.54, 1.807) is 6.92 Å². The molecule has 0 spiro atoms. The summed E-state index contributed by atoms with van der Waals surface area (Å²) in [5.41, 5.74) is 5.02. The van der Waals surface area contributed by atoms with Crippen molar-refractivity contribution in [3.05, 3.63) is 0 Å². The number of nitrogens with zero attached hydrogens (tertiary/aromatic N) is 1. The molecule has 0 aromatic heterocycles. The van der Waals surface area contributed by atoms with E-state index in [0.717, 1.165) is 19.4 Å².